The number of nitrogens with one attached hydrogen (secondary N) is 1. The second-order valence-electron chi connectivity index (χ2n) is 8.68. The van der Waals surface area contributed by atoms with Gasteiger partial charge in [-0.05, 0) is 61.0 Å². The molecule has 2 atom stereocenters. The third-order valence-corrected chi connectivity index (χ3v) is 7.38. The van der Waals surface area contributed by atoms with Crippen LogP contribution in [-0.2, 0) is 21.5 Å². The molecule has 2 aliphatic rings. The fourth-order valence-corrected chi connectivity index (χ4v) is 5.76. The maximum absolute atomic E-state index is 12.4. The molecule has 1 aliphatic carbocycles. The lowest BCUT2D eigenvalue weighted by atomic mass is 9.72. The first-order chi connectivity index (χ1) is 16.0. The number of hydrogen-bond acceptors (Lipinski definition) is 5. The monoisotopic (exact) mass is 476 g/mol. The first-order valence-corrected chi connectivity index (χ1v) is 12.5. The Hall–Kier alpha value is -2.16. The Morgan fingerprint density at radius 2 is 1.88 bits per heavy atom. The van der Waals surface area contributed by atoms with Gasteiger partial charge in [-0.2, -0.15) is 20.5 Å². The number of nitrogens with zero attached hydrogens (tertiary/aromatic N) is 1. The highest BCUT2D eigenvalue weighted by Crippen LogP contribution is 2.52. The first-order valence-electron chi connectivity index (χ1n) is 11.1. The molecule has 0 saturated carbocycles. The summed E-state index contributed by atoms with van der Waals surface area (Å²) in [6.45, 7) is -0.297. The Balaban J connectivity index is 1.47. The van der Waals surface area contributed by atoms with E-state index in [4.69, 9.17) is 4.74 Å². The van der Waals surface area contributed by atoms with Crippen LogP contribution in [0.1, 0.15) is 35.6 Å². The minimum Gasteiger partial charge on any atom is -0.435 e. The molecule has 1 N–H and O–H groups in total. The molecule has 1 heterocycles. The van der Waals surface area contributed by atoms with Gasteiger partial charge >= 0.3 is 6.61 Å². The number of fused-ring (bicyclic) bond motifs is 2. The zero-order valence-corrected chi connectivity index (χ0v) is 19.7. The number of alkyl halides is 2. The lowest BCUT2D eigenvalue weighted by molar-refractivity contribution is -0.121. The van der Waals surface area contributed by atoms with Crippen LogP contribution in [0.15, 0.2) is 48.5 Å². The van der Waals surface area contributed by atoms with Crippen molar-refractivity contribution in [2.45, 2.75) is 43.6 Å². The number of halogens is 2. The van der Waals surface area contributed by atoms with Crippen LogP contribution in [0.5, 0.6) is 5.75 Å². The van der Waals surface area contributed by atoms with E-state index in [1.165, 1.54) is 17.3 Å². The average Bonchev–Trinajstić information content (AvgIpc) is 3.05. The highest BCUT2D eigenvalue weighted by Gasteiger charge is 2.53. The van der Waals surface area contributed by atoms with Gasteiger partial charge in [0.1, 0.15) is 5.75 Å². The Morgan fingerprint density at radius 1 is 1.18 bits per heavy atom. The van der Waals surface area contributed by atoms with Crippen molar-refractivity contribution in [3.63, 3.8) is 0 Å². The van der Waals surface area contributed by atoms with E-state index in [1.807, 2.05) is 24.5 Å². The van der Waals surface area contributed by atoms with E-state index in [1.54, 1.807) is 19.2 Å². The van der Waals surface area contributed by atoms with E-state index in [0.717, 1.165) is 43.6 Å². The molecule has 0 radical (unpaired) electrons. The molecule has 1 spiro atoms. The number of rotatable bonds is 8. The number of hydrogen-bond donors (Lipinski definition) is 1. The predicted octanol–water partition coefficient (Wildman–Crippen LogP) is 4.37. The number of benzene rings is 2. The smallest absolute Gasteiger partial charge is 0.387 e. The molecular weight excluding hydrogens is 446 g/mol. The second-order valence-corrected chi connectivity index (χ2v) is 9.54. The average molecular weight is 477 g/mol. The van der Waals surface area contributed by atoms with E-state index in [-0.39, 0.29) is 29.2 Å². The molecule has 2 aromatic rings. The number of likely N-dealkylation sites (tertiary alicyclic amines) is 1. The molecular formula is C25H30F2N2O3S. The van der Waals surface area contributed by atoms with Gasteiger partial charge in [-0.1, -0.05) is 36.4 Å². The zero-order valence-electron chi connectivity index (χ0n) is 18.9. The largest absolute Gasteiger partial charge is 0.435 e. The molecule has 1 saturated heterocycles. The molecule has 0 aromatic heterocycles. The second kappa shape index (κ2) is 10.4. The summed E-state index contributed by atoms with van der Waals surface area (Å²) in [7, 11) is 1.74. The van der Waals surface area contributed by atoms with E-state index in [0.29, 0.717) is 5.75 Å². The quantitative estimate of drug-likeness (QED) is 0.613. The number of carbonyl (C=O) groups excluding carboxylic acids is 1. The molecule has 1 aliphatic heterocycles. The van der Waals surface area contributed by atoms with E-state index in [9.17, 15) is 13.6 Å². The third-order valence-electron chi connectivity index (χ3n) is 6.83. The molecule has 8 heteroatoms. The van der Waals surface area contributed by atoms with Gasteiger partial charge in [-0.15, -0.1) is 0 Å². The summed E-state index contributed by atoms with van der Waals surface area (Å²) in [4.78, 5) is 14.8. The van der Waals surface area contributed by atoms with Gasteiger partial charge in [-0.25, -0.2) is 0 Å². The molecule has 1 fully saturated rings. The standard InChI is InChI=1S/C25H30F2N2O3S/c1-31-23-22(28-21(30)16-33-2)19-5-3-4-6-20(19)25(23)11-13-29(14-12-25)15-17-7-9-18(10-8-17)32-24(26)27/h3-10,22-24H,11-16H2,1-2H3,(H,28,30)/t22-,23+/m0/s1. The molecule has 178 valence electrons. The molecule has 4 rings (SSSR count). The minimum atomic E-state index is -2.81. The minimum absolute atomic E-state index is 0.0260. The lowest BCUT2D eigenvalue weighted by Gasteiger charge is -2.44. The summed E-state index contributed by atoms with van der Waals surface area (Å²) < 4.78 is 35.3. The van der Waals surface area contributed by atoms with Gasteiger partial charge in [-0.3, -0.25) is 9.69 Å². The van der Waals surface area contributed by atoms with Crippen molar-refractivity contribution in [1.82, 2.24) is 10.2 Å². The van der Waals surface area contributed by atoms with Crippen molar-refractivity contribution in [3.8, 4) is 5.75 Å². The van der Waals surface area contributed by atoms with Crippen LogP contribution < -0.4 is 10.1 Å². The summed E-state index contributed by atoms with van der Waals surface area (Å²) in [6, 6.07) is 15.1. The van der Waals surface area contributed by atoms with Gasteiger partial charge in [0.05, 0.1) is 17.9 Å². The Labute approximate surface area is 197 Å². The zero-order chi connectivity index (χ0) is 23.4. The van der Waals surface area contributed by atoms with Crippen LogP contribution >= 0.6 is 11.8 Å². The molecule has 2 aromatic carbocycles. The van der Waals surface area contributed by atoms with Crippen molar-refractivity contribution < 1.29 is 23.0 Å². The highest BCUT2D eigenvalue weighted by atomic mass is 32.2. The number of piperidine rings is 1. The van der Waals surface area contributed by atoms with Crippen molar-refractivity contribution in [3.05, 3.63) is 65.2 Å². The fraction of sp³-hybridized carbons (Fsp3) is 0.480. The van der Waals surface area contributed by atoms with Gasteiger partial charge < -0.3 is 14.8 Å². The van der Waals surface area contributed by atoms with Crippen LogP contribution in [0, 0.1) is 0 Å². The molecule has 0 unspecified atom stereocenters. The van der Waals surface area contributed by atoms with Crippen LogP contribution in [0.4, 0.5) is 8.78 Å². The molecule has 1 amide bonds. The van der Waals surface area contributed by atoms with Gasteiger partial charge in [0, 0.05) is 19.1 Å². The Morgan fingerprint density at radius 3 is 2.52 bits per heavy atom. The predicted molar refractivity (Wildman–Crippen MR) is 126 cm³/mol. The van der Waals surface area contributed by atoms with Gasteiger partial charge in [0.25, 0.3) is 0 Å². The summed E-state index contributed by atoms with van der Waals surface area (Å²) >= 11 is 1.51. The topological polar surface area (TPSA) is 50.8 Å². The maximum atomic E-state index is 12.4. The summed E-state index contributed by atoms with van der Waals surface area (Å²) in [5, 5.41) is 3.21. The normalized spacial score (nSPS) is 21.8. The van der Waals surface area contributed by atoms with E-state index < -0.39 is 6.61 Å². The maximum Gasteiger partial charge on any atom is 0.387 e. The molecule has 33 heavy (non-hydrogen) atoms. The van der Waals surface area contributed by atoms with Crippen LogP contribution in [0.25, 0.3) is 0 Å². The number of ether oxygens (including phenoxy) is 2. The highest BCUT2D eigenvalue weighted by molar-refractivity contribution is 7.99. The summed E-state index contributed by atoms with van der Waals surface area (Å²) in [6.07, 6.45) is 3.65. The number of amides is 1. The Bertz CT molecular complexity index is 949. The van der Waals surface area contributed by atoms with Crippen molar-refractivity contribution in [1.29, 1.82) is 0 Å². The van der Waals surface area contributed by atoms with Crippen molar-refractivity contribution in [2.75, 3.05) is 32.2 Å². The van der Waals surface area contributed by atoms with Crippen molar-refractivity contribution >= 4 is 17.7 Å². The Kier molecular flexibility index (Phi) is 7.56. The van der Waals surface area contributed by atoms with E-state index >= 15 is 0 Å². The van der Waals surface area contributed by atoms with Crippen LogP contribution in [-0.4, -0.2) is 55.7 Å². The first kappa shape index (κ1) is 24.0. The summed E-state index contributed by atoms with van der Waals surface area (Å²) in [5.41, 5.74) is 3.35. The van der Waals surface area contributed by atoms with Crippen LogP contribution in [0.2, 0.25) is 0 Å². The van der Waals surface area contributed by atoms with Crippen molar-refractivity contribution in [2.24, 2.45) is 0 Å². The number of methoxy groups -OCH3 is 1. The van der Waals surface area contributed by atoms with Gasteiger partial charge in [0.2, 0.25) is 5.91 Å². The van der Waals surface area contributed by atoms with Crippen LogP contribution in [0.3, 0.4) is 0 Å². The fourth-order valence-electron chi connectivity index (χ4n) is 5.42. The molecule has 0 bridgehead atoms. The number of thioether (sulfide) groups is 1. The van der Waals surface area contributed by atoms with Gasteiger partial charge in [0.15, 0.2) is 0 Å². The lowest BCUT2D eigenvalue weighted by Crippen LogP contribution is -2.50. The summed E-state index contributed by atoms with van der Waals surface area (Å²) in [5.74, 6) is 0.626. The van der Waals surface area contributed by atoms with E-state index in [2.05, 4.69) is 33.2 Å². The molecule has 5 nitrogen and oxygen atoms in total. The third kappa shape index (κ3) is 5.03. The SMILES string of the molecule is CO[C@@H]1[C@@H](NC(=O)CSC)c2ccccc2C12CCN(Cc1ccc(OC(F)F)cc1)CC2. The number of carbonyl (C=O) groups is 1.